The summed E-state index contributed by atoms with van der Waals surface area (Å²) in [5.41, 5.74) is 5.21. The van der Waals surface area contributed by atoms with E-state index in [4.69, 9.17) is 34.8 Å². The van der Waals surface area contributed by atoms with E-state index in [2.05, 4.69) is 20.2 Å². The number of sulfonamides is 1. The molecule has 1 aromatic heterocycles. The van der Waals surface area contributed by atoms with Crippen molar-refractivity contribution in [3.05, 3.63) is 93.2 Å². The van der Waals surface area contributed by atoms with E-state index in [9.17, 15) is 8.42 Å². The first-order chi connectivity index (χ1) is 14.8. The second-order valence-corrected chi connectivity index (χ2v) is 9.94. The van der Waals surface area contributed by atoms with Gasteiger partial charge in [-0.2, -0.15) is 9.82 Å². The molecule has 0 radical (unpaired) electrons. The minimum absolute atomic E-state index is 0. The average Bonchev–Trinajstić information content (AvgIpc) is 3.24. The normalized spacial score (nSPS) is 16.6. The van der Waals surface area contributed by atoms with Crippen LogP contribution in [0.2, 0.25) is 15.1 Å². The Labute approximate surface area is 207 Å². The summed E-state index contributed by atoms with van der Waals surface area (Å²) in [7, 11) is -3.89. The lowest BCUT2D eigenvalue weighted by atomic mass is 9.96. The van der Waals surface area contributed by atoms with Gasteiger partial charge >= 0.3 is 0 Å². The molecule has 2 N–H and O–H groups in total. The van der Waals surface area contributed by atoms with Gasteiger partial charge in [0.05, 0.1) is 17.8 Å². The number of hydrogen-bond donors (Lipinski definition) is 2. The molecule has 4 rings (SSSR count). The maximum absolute atomic E-state index is 13.0. The van der Waals surface area contributed by atoms with Crippen molar-refractivity contribution in [3.63, 3.8) is 0 Å². The number of aromatic nitrogens is 1. The molecule has 2 atom stereocenters. The molecule has 2 aromatic carbocycles. The summed E-state index contributed by atoms with van der Waals surface area (Å²) in [6, 6.07) is 14.5. The van der Waals surface area contributed by atoms with Crippen molar-refractivity contribution in [3.8, 4) is 0 Å². The number of nitrogens with one attached hydrogen (secondary N) is 2. The van der Waals surface area contributed by atoms with E-state index in [1.807, 2.05) is 12.1 Å². The zero-order chi connectivity index (χ0) is 22.0. The Kier molecular flexibility index (Phi) is 8.03. The Morgan fingerprint density at radius 3 is 2.41 bits per heavy atom. The van der Waals surface area contributed by atoms with Crippen molar-refractivity contribution in [1.29, 1.82) is 0 Å². The van der Waals surface area contributed by atoms with Crippen molar-refractivity contribution in [2.45, 2.75) is 23.4 Å². The number of pyridine rings is 1. The van der Waals surface area contributed by atoms with Gasteiger partial charge in [-0.3, -0.25) is 4.98 Å². The summed E-state index contributed by atoms with van der Waals surface area (Å²) >= 11 is 18.5. The van der Waals surface area contributed by atoms with Gasteiger partial charge in [-0.05, 0) is 47.5 Å². The van der Waals surface area contributed by atoms with E-state index in [1.165, 1.54) is 18.5 Å². The molecule has 32 heavy (non-hydrogen) atoms. The Balaban J connectivity index is 0.00000289. The lowest BCUT2D eigenvalue weighted by Gasteiger charge is -2.21. The summed E-state index contributed by atoms with van der Waals surface area (Å²) in [5, 5.41) is 5.86. The van der Waals surface area contributed by atoms with Crippen molar-refractivity contribution >= 4 is 62.9 Å². The van der Waals surface area contributed by atoms with Gasteiger partial charge in [0.1, 0.15) is 4.90 Å². The summed E-state index contributed by atoms with van der Waals surface area (Å²) in [4.78, 5) is 3.95. The van der Waals surface area contributed by atoms with E-state index in [-0.39, 0.29) is 23.3 Å². The molecule has 0 spiro atoms. The van der Waals surface area contributed by atoms with Crippen molar-refractivity contribution in [1.82, 2.24) is 15.1 Å². The van der Waals surface area contributed by atoms with Crippen LogP contribution >= 0.6 is 47.2 Å². The Morgan fingerprint density at radius 1 is 1.03 bits per heavy atom. The fourth-order valence-electron chi connectivity index (χ4n) is 3.31. The third-order valence-corrected chi connectivity index (χ3v) is 7.10. The molecule has 2 heterocycles. The number of benzene rings is 2. The van der Waals surface area contributed by atoms with Crippen LogP contribution in [-0.4, -0.2) is 19.1 Å². The van der Waals surface area contributed by atoms with Crippen LogP contribution in [0.25, 0.3) is 0 Å². The molecule has 0 amide bonds. The van der Waals surface area contributed by atoms with Gasteiger partial charge in [-0.15, -0.1) is 12.4 Å². The molecule has 2 unspecified atom stereocenters. The van der Waals surface area contributed by atoms with Crippen LogP contribution in [-0.2, 0) is 10.0 Å². The molecule has 0 saturated heterocycles. The van der Waals surface area contributed by atoms with Gasteiger partial charge < -0.3 is 5.43 Å². The van der Waals surface area contributed by atoms with Crippen LogP contribution in [0.5, 0.6) is 0 Å². The highest BCUT2D eigenvalue weighted by molar-refractivity contribution is 7.89. The van der Waals surface area contributed by atoms with E-state index in [0.717, 1.165) is 5.56 Å². The largest absolute Gasteiger partial charge is 0.302 e. The predicted octanol–water partition coefficient (Wildman–Crippen LogP) is 5.57. The highest BCUT2D eigenvalue weighted by Crippen LogP contribution is 2.33. The molecule has 0 aliphatic carbocycles. The van der Waals surface area contributed by atoms with Gasteiger partial charge in [-0.25, -0.2) is 8.42 Å². The first kappa shape index (κ1) is 24.8. The fourth-order valence-corrected chi connectivity index (χ4v) is 5.12. The zero-order valence-corrected chi connectivity index (χ0v) is 20.3. The topological polar surface area (TPSA) is 83.5 Å². The minimum atomic E-state index is -3.89. The molecule has 0 fully saturated rings. The van der Waals surface area contributed by atoms with E-state index >= 15 is 0 Å². The number of halogens is 4. The van der Waals surface area contributed by atoms with Crippen molar-refractivity contribution in [2.75, 3.05) is 0 Å². The lowest BCUT2D eigenvalue weighted by molar-refractivity contribution is 0.576. The van der Waals surface area contributed by atoms with Gasteiger partial charge in [0.25, 0.3) is 0 Å². The molecule has 168 valence electrons. The van der Waals surface area contributed by atoms with Gasteiger partial charge in [0.15, 0.2) is 0 Å². The number of rotatable bonds is 6. The molecule has 1 aliphatic heterocycles. The van der Waals surface area contributed by atoms with Gasteiger partial charge in [0.2, 0.25) is 10.0 Å². The summed E-state index contributed by atoms with van der Waals surface area (Å²) in [6.45, 7) is 0. The number of hydrazone groups is 1. The fraction of sp³-hybridized carbons (Fsp3) is 0.143. The van der Waals surface area contributed by atoms with Crippen molar-refractivity contribution in [2.24, 2.45) is 5.10 Å². The van der Waals surface area contributed by atoms with Crippen LogP contribution in [0.15, 0.2) is 77.0 Å². The Bertz CT molecular complexity index is 1220. The van der Waals surface area contributed by atoms with Crippen LogP contribution in [0.1, 0.15) is 29.6 Å². The van der Waals surface area contributed by atoms with Crippen LogP contribution in [0.3, 0.4) is 0 Å². The van der Waals surface area contributed by atoms with E-state index in [0.29, 0.717) is 32.8 Å². The maximum Gasteiger partial charge on any atom is 0.243 e. The Morgan fingerprint density at radius 2 is 1.75 bits per heavy atom. The standard InChI is InChI=1S/C21H17Cl3N4O2S.ClH/c22-14-5-3-13(4-6-14)19-11-20(27-26-19)21(17-8-7-15(23)10-18(17)24)28-31(29,30)16-2-1-9-25-12-16;/h1-10,12,19,21,26,28H,11H2;1H. The molecular weight excluding hydrogens is 514 g/mol. The van der Waals surface area contributed by atoms with Crippen LogP contribution < -0.4 is 10.1 Å². The third-order valence-electron chi connectivity index (χ3n) is 4.87. The van der Waals surface area contributed by atoms with E-state index < -0.39 is 16.1 Å². The third kappa shape index (κ3) is 5.54. The number of hydrogen-bond acceptors (Lipinski definition) is 5. The van der Waals surface area contributed by atoms with Crippen molar-refractivity contribution < 1.29 is 8.42 Å². The van der Waals surface area contributed by atoms with Crippen LogP contribution in [0, 0.1) is 0 Å². The smallest absolute Gasteiger partial charge is 0.243 e. The summed E-state index contributed by atoms with van der Waals surface area (Å²) in [5.74, 6) is 0. The highest BCUT2D eigenvalue weighted by atomic mass is 35.5. The lowest BCUT2D eigenvalue weighted by Crippen LogP contribution is -2.33. The molecular formula is C21H18Cl4N4O2S. The van der Waals surface area contributed by atoms with Gasteiger partial charge in [-0.1, -0.05) is 53.0 Å². The zero-order valence-electron chi connectivity index (χ0n) is 16.4. The predicted molar refractivity (Wildman–Crippen MR) is 130 cm³/mol. The first-order valence-electron chi connectivity index (χ1n) is 9.28. The highest BCUT2D eigenvalue weighted by Gasteiger charge is 2.32. The SMILES string of the molecule is Cl.O=S(=O)(NC(C1=NNC(c2ccc(Cl)cc2)C1)c1ccc(Cl)cc1Cl)c1cccnc1. The molecule has 3 aromatic rings. The first-order valence-corrected chi connectivity index (χ1v) is 11.9. The molecule has 0 bridgehead atoms. The second kappa shape index (κ2) is 10.4. The van der Waals surface area contributed by atoms with E-state index in [1.54, 1.807) is 36.4 Å². The average molecular weight is 532 g/mol. The monoisotopic (exact) mass is 530 g/mol. The summed E-state index contributed by atoms with van der Waals surface area (Å²) < 4.78 is 28.8. The Hall–Kier alpha value is -1.87. The molecule has 6 nitrogen and oxygen atoms in total. The molecule has 0 saturated carbocycles. The maximum atomic E-state index is 13.0. The minimum Gasteiger partial charge on any atom is -0.302 e. The van der Waals surface area contributed by atoms with Gasteiger partial charge in [0, 0.05) is 33.9 Å². The molecule has 1 aliphatic rings. The number of nitrogens with zero attached hydrogens (tertiary/aromatic N) is 2. The van der Waals surface area contributed by atoms with Crippen LogP contribution in [0.4, 0.5) is 0 Å². The quantitative estimate of drug-likeness (QED) is 0.435. The second-order valence-electron chi connectivity index (χ2n) is 6.95. The summed E-state index contributed by atoms with van der Waals surface area (Å²) in [6.07, 6.45) is 3.27. The molecule has 11 heteroatoms.